The van der Waals surface area contributed by atoms with Gasteiger partial charge in [0.1, 0.15) is 4.83 Å². The molecule has 0 radical (unpaired) electrons. The lowest BCUT2D eigenvalue weighted by Crippen LogP contribution is -2.16. The maximum absolute atomic E-state index is 12.3. The average Bonchev–Trinajstić information content (AvgIpc) is 2.89. The van der Waals surface area contributed by atoms with Crippen LogP contribution in [-0.2, 0) is 9.53 Å². The van der Waals surface area contributed by atoms with Gasteiger partial charge in [0.15, 0.2) is 11.9 Å². The molecule has 1 N–H and O–H groups in total. The van der Waals surface area contributed by atoms with Crippen molar-refractivity contribution in [3.63, 3.8) is 0 Å². The summed E-state index contributed by atoms with van der Waals surface area (Å²) in [5.74, 6) is -0.139. The van der Waals surface area contributed by atoms with Crippen molar-refractivity contribution >= 4 is 33.6 Å². The summed E-state index contributed by atoms with van der Waals surface area (Å²) in [5, 5.41) is 0.606. The second-order valence-corrected chi connectivity index (χ2v) is 7.44. The van der Waals surface area contributed by atoms with Crippen LogP contribution >= 0.6 is 11.3 Å². The Balaban J connectivity index is 1.76. The smallest absolute Gasteiger partial charge is 0.331 e. The summed E-state index contributed by atoms with van der Waals surface area (Å²) >= 11 is 1.47. The van der Waals surface area contributed by atoms with Crippen LogP contribution < -0.4 is 5.56 Å². The first kappa shape index (κ1) is 18.1. The molecule has 0 amide bonds. The van der Waals surface area contributed by atoms with E-state index in [9.17, 15) is 9.59 Å². The van der Waals surface area contributed by atoms with Gasteiger partial charge in [0, 0.05) is 11.0 Å². The van der Waals surface area contributed by atoms with Gasteiger partial charge in [0.25, 0.3) is 5.56 Å². The fourth-order valence-electron chi connectivity index (χ4n) is 2.58. The molecule has 2 aromatic heterocycles. The summed E-state index contributed by atoms with van der Waals surface area (Å²) in [6.45, 7) is 7.56. The average molecular weight is 368 g/mol. The number of rotatable bonds is 4. The van der Waals surface area contributed by atoms with Crippen LogP contribution in [0.25, 0.3) is 16.3 Å². The molecule has 0 unspecified atom stereocenters. The molecule has 0 bridgehead atoms. The Hall–Kier alpha value is -2.73. The van der Waals surface area contributed by atoms with Crippen LogP contribution in [0.4, 0.5) is 0 Å². The molecule has 0 aliphatic carbocycles. The van der Waals surface area contributed by atoms with Crippen LogP contribution in [0.2, 0.25) is 0 Å². The van der Waals surface area contributed by atoms with Gasteiger partial charge in [0.2, 0.25) is 0 Å². The van der Waals surface area contributed by atoms with Crippen molar-refractivity contribution in [2.45, 2.75) is 33.8 Å². The molecule has 26 heavy (non-hydrogen) atoms. The first-order valence-electron chi connectivity index (χ1n) is 8.30. The van der Waals surface area contributed by atoms with Crippen molar-refractivity contribution in [2.75, 3.05) is 0 Å². The highest BCUT2D eigenvalue weighted by Gasteiger charge is 2.17. The molecule has 0 aliphatic heterocycles. The van der Waals surface area contributed by atoms with Gasteiger partial charge in [-0.05, 0) is 44.9 Å². The van der Waals surface area contributed by atoms with Gasteiger partial charge in [-0.1, -0.05) is 29.8 Å². The Morgan fingerprint density at radius 1 is 1.23 bits per heavy atom. The molecular formula is C20H20N2O3S. The Bertz CT molecular complexity index is 1050. The number of benzene rings is 1. The maximum atomic E-state index is 12.3. The van der Waals surface area contributed by atoms with E-state index in [0.717, 1.165) is 21.6 Å². The third-order valence-electron chi connectivity index (χ3n) is 4.22. The van der Waals surface area contributed by atoms with Crippen molar-refractivity contribution < 1.29 is 9.53 Å². The SMILES string of the molecule is Cc1ccc(/C=C/C(=O)O[C@H](C)c2nc3sc(C)c(C)c3c(=O)[nH]2)cc1. The number of carbonyl (C=O) groups is 1. The summed E-state index contributed by atoms with van der Waals surface area (Å²) in [7, 11) is 0. The van der Waals surface area contributed by atoms with Crippen LogP contribution in [0, 0.1) is 20.8 Å². The minimum absolute atomic E-state index is 0.204. The lowest BCUT2D eigenvalue weighted by molar-refractivity contribution is -0.142. The van der Waals surface area contributed by atoms with E-state index >= 15 is 0 Å². The minimum Gasteiger partial charge on any atom is -0.451 e. The van der Waals surface area contributed by atoms with E-state index in [1.165, 1.54) is 17.4 Å². The maximum Gasteiger partial charge on any atom is 0.331 e. The summed E-state index contributed by atoms with van der Waals surface area (Å²) in [6, 6.07) is 7.80. The molecule has 1 atom stereocenters. The predicted molar refractivity (Wildman–Crippen MR) is 104 cm³/mol. The van der Waals surface area contributed by atoms with E-state index in [2.05, 4.69) is 9.97 Å². The number of aryl methyl sites for hydroxylation is 3. The highest BCUT2D eigenvalue weighted by Crippen LogP contribution is 2.26. The molecule has 6 heteroatoms. The topological polar surface area (TPSA) is 72.0 Å². The quantitative estimate of drug-likeness (QED) is 0.553. The van der Waals surface area contributed by atoms with E-state index in [4.69, 9.17) is 4.74 Å². The predicted octanol–water partition coefficient (Wildman–Crippen LogP) is 4.23. The number of carbonyl (C=O) groups excluding carboxylic acids is 1. The summed E-state index contributed by atoms with van der Waals surface area (Å²) in [4.78, 5) is 33.3. The third-order valence-corrected chi connectivity index (χ3v) is 5.33. The molecule has 0 saturated heterocycles. The van der Waals surface area contributed by atoms with Crippen molar-refractivity contribution in [1.82, 2.24) is 9.97 Å². The van der Waals surface area contributed by atoms with Crippen LogP contribution in [0.15, 0.2) is 35.1 Å². The third kappa shape index (κ3) is 3.75. The number of aromatic nitrogens is 2. The number of fused-ring (bicyclic) bond motifs is 1. The van der Waals surface area contributed by atoms with Crippen molar-refractivity contribution in [2.24, 2.45) is 0 Å². The number of H-pyrrole nitrogens is 1. The number of ether oxygens (including phenoxy) is 1. The van der Waals surface area contributed by atoms with Gasteiger partial charge < -0.3 is 9.72 Å². The second-order valence-electron chi connectivity index (χ2n) is 6.24. The van der Waals surface area contributed by atoms with Gasteiger partial charge in [0.05, 0.1) is 5.39 Å². The number of hydrogen-bond donors (Lipinski definition) is 1. The van der Waals surface area contributed by atoms with Crippen LogP contribution in [-0.4, -0.2) is 15.9 Å². The lowest BCUT2D eigenvalue weighted by atomic mass is 10.1. The molecule has 5 nitrogen and oxygen atoms in total. The van der Waals surface area contributed by atoms with E-state index in [1.807, 2.05) is 45.0 Å². The summed E-state index contributed by atoms with van der Waals surface area (Å²) in [6.07, 6.45) is 2.42. The number of esters is 1. The van der Waals surface area contributed by atoms with Gasteiger partial charge >= 0.3 is 5.97 Å². The Morgan fingerprint density at radius 3 is 2.62 bits per heavy atom. The van der Waals surface area contributed by atoms with Gasteiger partial charge in [-0.3, -0.25) is 4.79 Å². The van der Waals surface area contributed by atoms with Gasteiger partial charge in [-0.2, -0.15) is 0 Å². The van der Waals surface area contributed by atoms with E-state index in [1.54, 1.807) is 13.0 Å². The van der Waals surface area contributed by atoms with E-state index in [0.29, 0.717) is 16.0 Å². The Morgan fingerprint density at radius 2 is 1.92 bits per heavy atom. The van der Waals surface area contributed by atoms with E-state index < -0.39 is 12.1 Å². The minimum atomic E-state index is -0.648. The molecule has 0 aliphatic rings. The fraction of sp³-hybridized carbons (Fsp3) is 0.250. The second kappa shape index (κ2) is 7.25. The summed E-state index contributed by atoms with van der Waals surface area (Å²) < 4.78 is 5.37. The lowest BCUT2D eigenvalue weighted by Gasteiger charge is -2.11. The Labute approximate surface area is 155 Å². The molecule has 3 rings (SSSR count). The molecule has 1 aromatic carbocycles. The fourth-order valence-corrected chi connectivity index (χ4v) is 3.61. The molecule has 2 heterocycles. The monoisotopic (exact) mass is 368 g/mol. The van der Waals surface area contributed by atoms with Gasteiger partial charge in [-0.15, -0.1) is 11.3 Å². The van der Waals surface area contributed by atoms with Crippen molar-refractivity contribution in [3.8, 4) is 0 Å². The zero-order valence-corrected chi connectivity index (χ0v) is 15.9. The molecule has 0 fully saturated rings. The van der Waals surface area contributed by atoms with Crippen LogP contribution in [0.3, 0.4) is 0 Å². The highest BCUT2D eigenvalue weighted by atomic mass is 32.1. The van der Waals surface area contributed by atoms with E-state index in [-0.39, 0.29) is 5.56 Å². The molecular weight excluding hydrogens is 348 g/mol. The zero-order valence-electron chi connectivity index (χ0n) is 15.1. The first-order chi connectivity index (χ1) is 12.3. The number of hydrogen-bond acceptors (Lipinski definition) is 5. The first-order valence-corrected chi connectivity index (χ1v) is 9.12. The standard InChI is InChI=1S/C20H20N2O3S/c1-11-5-7-15(8-6-11)9-10-16(23)25-13(3)18-21-19(24)17-12(2)14(4)26-20(17)22-18/h5-10,13H,1-4H3,(H,21,22,24)/b10-9+/t13-/m1/s1. The normalized spacial score (nSPS) is 12.6. The number of nitrogens with one attached hydrogen (secondary N) is 1. The number of nitrogens with zero attached hydrogens (tertiary/aromatic N) is 1. The van der Waals surface area contributed by atoms with Crippen LogP contribution in [0.1, 0.15) is 40.4 Å². The number of thiophene rings is 1. The van der Waals surface area contributed by atoms with Crippen molar-refractivity contribution in [3.05, 3.63) is 68.1 Å². The molecule has 0 saturated carbocycles. The molecule has 3 aromatic rings. The zero-order chi connectivity index (χ0) is 18.8. The van der Waals surface area contributed by atoms with Crippen LogP contribution in [0.5, 0.6) is 0 Å². The Kier molecular flexibility index (Phi) is 5.04. The van der Waals surface area contributed by atoms with Gasteiger partial charge in [-0.25, -0.2) is 9.78 Å². The summed E-state index contributed by atoms with van der Waals surface area (Å²) in [5.41, 5.74) is 2.81. The van der Waals surface area contributed by atoms with Crippen molar-refractivity contribution in [1.29, 1.82) is 0 Å². The molecule has 0 spiro atoms. The molecule has 134 valence electrons. The largest absolute Gasteiger partial charge is 0.451 e. The number of aromatic amines is 1. The highest BCUT2D eigenvalue weighted by molar-refractivity contribution is 7.18.